The molecule has 0 spiro atoms. The number of ketones is 1. The van der Waals surface area contributed by atoms with Crippen molar-refractivity contribution in [2.75, 3.05) is 0 Å². The van der Waals surface area contributed by atoms with Crippen LogP contribution in [-0.2, 0) is 4.79 Å². The molecule has 0 aliphatic heterocycles. The molecule has 4 fully saturated rings. The van der Waals surface area contributed by atoms with Crippen molar-refractivity contribution in [3.8, 4) is 0 Å². The highest BCUT2D eigenvalue weighted by molar-refractivity contribution is 5.94. The van der Waals surface area contributed by atoms with Crippen LogP contribution in [0.4, 0.5) is 0 Å². The highest BCUT2D eigenvalue weighted by atomic mass is 16.3. The molecule has 0 amide bonds. The van der Waals surface area contributed by atoms with E-state index < -0.39 is 5.60 Å². The Morgan fingerprint density at radius 3 is 2.79 bits per heavy atom. The minimum Gasteiger partial charge on any atom is -0.382 e. The van der Waals surface area contributed by atoms with Crippen LogP contribution in [0.5, 0.6) is 0 Å². The maximum absolute atomic E-state index is 12.2. The van der Waals surface area contributed by atoms with Crippen molar-refractivity contribution in [3.63, 3.8) is 0 Å². The largest absolute Gasteiger partial charge is 0.382 e. The highest BCUT2D eigenvalue weighted by Crippen LogP contribution is 2.61. The molecular formula is C12H18O2. The SMILES string of the molecule is CC1C2CC3CC(O)(C2)C(=O)C1(C)C3. The molecule has 2 heteroatoms. The Hall–Kier alpha value is -0.370. The van der Waals surface area contributed by atoms with Crippen molar-refractivity contribution in [1.29, 1.82) is 0 Å². The maximum atomic E-state index is 12.2. The summed E-state index contributed by atoms with van der Waals surface area (Å²) in [6, 6.07) is 0. The molecule has 4 saturated carbocycles. The molecule has 1 N–H and O–H groups in total. The number of rotatable bonds is 0. The summed E-state index contributed by atoms with van der Waals surface area (Å²) in [7, 11) is 0. The molecule has 4 rings (SSSR count). The first-order valence-electron chi connectivity index (χ1n) is 5.73. The zero-order valence-electron chi connectivity index (χ0n) is 8.92. The van der Waals surface area contributed by atoms with Gasteiger partial charge in [0.25, 0.3) is 0 Å². The number of carbonyl (C=O) groups excluding carboxylic acids is 1. The van der Waals surface area contributed by atoms with Gasteiger partial charge in [0.2, 0.25) is 0 Å². The Morgan fingerprint density at radius 1 is 1.36 bits per heavy atom. The Labute approximate surface area is 84.7 Å². The maximum Gasteiger partial charge on any atom is 0.170 e. The van der Waals surface area contributed by atoms with Crippen LogP contribution in [0.1, 0.15) is 39.5 Å². The summed E-state index contributed by atoms with van der Waals surface area (Å²) in [5, 5.41) is 10.3. The molecule has 14 heavy (non-hydrogen) atoms. The Balaban J connectivity index is 2.11. The van der Waals surface area contributed by atoms with E-state index in [0.717, 1.165) is 19.3 Å². The van der Waals surface area contributed by atoms with Crippen LogP contribution in [0.15, 0.2) is 0 Å². The number of hydrogen-bond acceptors (Lipinski definition) is 2. The summed E-state index contributed by atoms with van der Waals surface area (Å²) in [5.74, 6) is 1.82. The van der Waals surface area contributed by atoms with Crippen molar-refractivity contribution in [1.82, 2.24) is 0 Å². The summed E-state index contributed by atoms with van der Waals surface area (Å²) in [4.78, 5) is 12.2. The first-order valence-corrected chi connectivity index (χ1v) is 5.73. The third kappa shape index (κ3) is 0.796. The van der Waals surface area contributed by atoms with Gasteiger partial charge in [0.05, 0.1) is 0 Å². The van der Waals surface area contributed by atoms with E-state index in [-0.39, 0.29) is 11.2 Å². The summed E-state index contributed by atoms with van der Waals surface area (Å²) < 4.78 is 0. The van der Waals surface area contributed by atoms with Gasteiger partial charge in [-0.25, -0.2) is 0 Å². The van der Waals surface area contributed by atoms with Gasteiger partial charge >= 0.3 is 0 Å². The minimum atomic E-state index is -0.937. The quantitative estimate of drug-likeness (QED) is 0.638. The number of hydrogen-bond donors (Lipinski definition) is 1. The van der Waals surface area contributed by atoms with Gasteiger partial charge in [-0.2, -0.15) is 0 Å². The van der Waals surface area contributed by atoms with Gasteiger partial charge in [-0.1, -0.05) is 13.8 Å². The van der Waals surface area contributed by atoms with Gasteiger partial charge in [-0.05, 0) is 43.4 Å². The van der Waals surface area contributed by atoms with E-state index in [4.69, 9.17) is 0 Å². The molecule has 78 valence electrons. The van der Waals surface area contributed by atoms with E-state index in [0.29, 0.717) is 17.8 Å². The second-order valence-corrected chi connectivity index (χ2v) is 6.04. The lowest BCUT2D eigenvalue weighted by molar-refractivity contribution is -0.193. The molecule has 0 radical (unpaired) electrons. The predicted molar refractivity (Wildman–Crippen MR) is 52.7 cm³/mol. The van der Waals surface area contributed by atoms with Crippen LogP contribution in [0.3, 0.4) is 0 Å². The Morgan fingerprint density at radius 2 is 2.07 bits per heavy atom. The lowest BCUT2D eigenvalue weighted by Crippen LogP contribution is -2.65. The smallest absolute Gasteiger partial charge is 0.170 e. The first kappa shape index (κ1) is 8.90. The van der Waals surface area contributed by atoms with Crippen LogP contribution in [-0.4, -0.2) is 16.5 Å². The average Bonchev–Trinajstić information content (AvgIpc) is 2.10. The zero-order valence-corrected chi connectivity index (χ0v) is 8.92. The second kappa shape index (κ2) is 2.24. The summed E-state index contributed by atoms with van der Waals surface area (Å²) in [5.41, 5.74) is -1.15. The highest BCUT2D eigenvalue weighted by Gasteiger charge is 2.64. The summed E-state index contributed by atoms with van der Waals surface area (Å²) >= 11 is 0. The van der Waals surface area contributed by atoms with Crippen molar-refractivity contribution in [2.24, 2.45) is 23.2 Å². The molecular weight excluding hydrogens is 176 g/mol. The van der Waals surface area contributed by atoms with Crippen LogP contribution in [0, 0.1) is 23.2 Å². The number of aliphatic hydroxyl groups is 1. The fourth-order valence-electron chi connectivity index (χ4n) is 4.45. The second-order valence-electron chi connectivity index (χ2n) is 6.04. The topological polar surface area (TPSA) is 37.3 Å². The molecule has 0 aromatic carbocycles. The van der Waals surface area contributed by atoms with E-state index in [1.165, 1.54) is 6.42 Å². The van der Waals surface area contributed by atoms with E-state index >= 15 is 0 Å². The zero-order chi connectivity index (χ0) is 10.1. The third-order valence-electron chi connectivity index (χ3n) is 5.23. The number of carbonyl (C=O) groups is 1. The van der Waals surface area contributed by atoms with Gasteiger partial charge in [-0.15, -0.1) is 0 Å². The van der Waals surface area contributed by atoms with Crippen molar-refractivity contribution in [3.05, 3.63) is 0 Å². The predicted octanol–water partition coefficient (Wildman–Crippen LogP) is 1.76. The molecule has 0 aromatic heterocycles. The fraction of sp³-hybridized carbons (Fsp3) is 0.917. The van der Waals surface area contributed by atoms with Gasteiger partial charge in [0.1, 0.15) is 5.60 Å². The first-order chi connectivity index (χ1) is 6.46. The standard InChI is InChI=1S/C12H18O2/c1-7-9-3-8-4-11(7,2)10(13)12(14,5-8)6-9/h7-9,14H,3-6H2,1-2H3. The lowest BCUT2D eigenvalue weighted by atomic mass is 9.44. The minimum absolute atomic E-state index is 0.143. The molecule has 0 aromatic rings. The Kier molecular flexibility index (Phi) is 1.42. The van der Waals surface area contributed by atoms with Gasteiger partial charge < -0.3 is 5.11 Å². The molecule has 2 nitrogen and oxygen atoms in total. The summed E-state index contributed by atoms with van der Waals surface area (Å²) in [6.45, 7) is 4.27. The average molecular weight is 194 g/mol. The number of Topliss-reactive ketones (excluding diaryl/α,β-unsaturated/α-hetero) is 1. The fourth-order valence-corrected chi connectivity index (χ4v) is 4.45. The molecule has 5 unspecified atom stereocenters. The van der Waals surface area contributed by atoms with E-state index in [9.17, 15) is 9.90 Å². The Bertz CT molecular complexity index is 311. The normalized spacial score (nSPS) is 60.8. The summed E-state index contributed by atoms with van der Waals surface area (Å²) in [6.07, 6.45) is 3.74. The molecule has 4 bridgehead atoms. The van der Waals surface area contributed by atoms with Crippen LogP contribution in [0.25, 0.3) is 0 Å². The molecule has 0 saturated heterocycles. The van der Waals surface area contributed by atoms with Crippen LogP contribution in [0.2, 0.25) is 0 Å². The molecule has 0 heterocycles. The monoisotopic (exact) mass is 194 g/mol. The van der Waals surface area contributed by atoms with Gasteiger partial charge in [0.15, 0.2) is 5.78 Å². The molecule has 4 aliphatic rings. The third-order valence-corrected chi connectivity index (χ3v) is 5.23. The van der Waals surface area contributed by atoms with E-state index in [2.05, 4.69) is 13.8 Å². The van der Waals surface area contributed by atoms with E-state index in [1.807, 2.05) is 0 Å². The molecule has 5 atom stereocenters. The van der Waals surface area contributed by atoms with Gasteiger partial charge in [0, 0.05) is 5.41 Å². The van der Waals surface area contributed by atoms with Crippen LogP contribution >= 0.6 is 0 Å². The lowest BCUT2D eigenvalue weighted by Gasteiger charge is -2.61. The van der Waals surface area contributed by atoms with Crippen LogP contribution < -0.4 is 0 Å². The van der Waals surface area contributed by atoms with Crippen molar-refractivity contribution < 1.29 is 9.90 Å². The van der Waals surface area contributed by atoms with E-state index in [1.54, 1.807) is 0 Å². The molecule has 4 aliphatic carbocycles. The van der Waals surface area contributed by atoms with Crippen molar-refractivity contribution >= 4 is 5.78 Å². The van der Waals surface area contributed by atoms with Gasteiger partial charge in [-0.3, -0.25) is 4.79 Å². The van der Waals surface area contributed by atoms with Crippen molar-refractivity contribution in [2.45, 2.75) is 45.1 Å².